The predicted octanol–water partition coefficient (Wildman–Crippen LogP) is 4.10. The molecule has 1 rings (SSSR count). The smallest absolute Gasteiger partial charge is 0.191 e. The summed E-state index contributed by atoms with van der Waals surface area (Å²) in [7, 11) is 0. The summed E-state index contributed by atoms with van der Waals surface area (Å²) in [6.45, 7) is 8.34. The fourth-order valence-electron chi connectivity index (χ4n) is 2.11. The van der Waals surface area contributed by atoms with Gasteiger partial charge in [-0.25, -0.2) is 0 Å². The molecule has 2 N–H and O–H groups in total. The van der Waals surface area contributed by atoms with Gasteiger partial charge < -0.3 is 10.6 Å². The van der Waals surface area contributed by atoms with Gasteiger partial charge in [-0.2, -0.15) is 11.8 Å². The average Bonchev–Trinajstić information content (AvgIpc) is 2.51. The van der Waals surface area contributed by atoms with E-state index in [2.05, 4.69) is 73.0 Å². The van der Waals surface area contributed by atoms with Crippen molar-refractivity contribution in [3.63, 3.8) is 0 Å². The van der Waals surface area contributed by atoms with E-state index in [1.807, 2.05) is 11.8 Å². The lowest BCUT2D eigenvalue weighted by Gasteiger charge is -2.24. The molecule has 0 aliphatic heterocycles. The van der Waals surface area contributed by atoms with Crippen molar-refractivity contribution in [3.05, 3.63) is 35.9 Å². The van der Waals surface area contributed by atoms with Gasteiger partial charge >= 0.3 is 0 Å². The number of benzene rings is 1. The molecule has 0 radical (unpaired) electrons. The van der Waals surface area contributed by atoms with Crippen molar-refractivity contribution in [1.29, 1.82) is 0 Å². The van der Waals surface area contributed by atoms with Gasteiger partial charge in [-0.1, -0.05) is 37.3 Å². The molecule has 0 spiro atoms. The highest BCUT2D eigenvalue weighted by atomic mass is 127. The van der Waals surface area contributed by atoms with E-state index >= 15 is 0 Å². The first kappa shape index (κ1) is 21.6. The Bertz CT molecular complexity index is 412. The fourth-order valence-corrected chi connectivity index (χ4v) is 2.52. The predicted molar refractivity (Wildman–Crippen MR) is 112 cm³/mol. The SMILES string of the molecule is CCNC(=NCCCSC)NC(C)C(C)c1ccccc1.I. The molecule has 0 heterocycles. The van der Waals surface area contributed by atoms with Crippen LogP contribution in [-0.2, 0) is 0 Å². The van der Waals surface area contributed by atoms with Gasteiger partial charge in [-0.05, 0) is 37.8 Å². The van der Waals surface area contributed by atoms with Crippen LogP contribution in [0, 0.1) is 0 Å². The quantitative estimate of drug-likeness (QED) is 0.279. The number of aliphatic imine (C=N–C) groups is 1. The lowest BCUT2D eigenvalue weighted by molar-refractivity contribution is 0.550. The Morgan fingerprint density at radius 1 is 1.23 bits per heavy atom. The van der Waals surface area contributed by atoms with E-state index < -0.39 is 0 Å². The van der Waals surface area contributed by atoms with E-state index in [0.29, 0.717) is 12.0 Å². The maximum Gasteiger partial charge on any atom is 0.191 e. The number of thioether (sulfide) groups is 1. The third-order valence-electron chi connectivity index (χ3n) is 3.56. The Labute approximate surface area is 157 Å². The molecule has 1 aromatic rings. The topological polar surface area (TPSA) is 36.4 Å². The largest absolute Gasteiger partial charge is 0.357 e. The van der Waals surface area contributed by atoms with Crippen molar-refractivity contribution in [2.24, 2.45) is 4.99 Å². The second kappa shape index (κ2) is 13.0. The molecule has 0 bridgehead atoms. The Hall–Kier alpha value is -0.430. The summed E-state index contributed by atoms with van der Waals surface area (Å²) >= 11 is 1.87. The third-order valence-corrected chi connectivity index (χ3v) is 4.26. The van der Waals surface area contributed by atoms with Crippen LogP contribution in [0.4, 0.5) is 0 Å². The molecule has 3 nitrogen and oxygen atoms in total. The van der Waals surface area contributed by atoms with Crippen LogP contribution in [0.3, 0.4) is 0 Å². The normalized spacial score (nSPS) is 13.9. The molecule has 0 aliphatic carbocycles. The second-order valence-corrected chi connectivity index (χ2v) is 6.22. The second-order valence-electron chi connectivity index (χ2n) is 5.24. The first-order valence-electron chi connectivity index (χ1n) is 7.77. The van der Waals surface area contributed by atoms with Crippen molar-refractivity contribution in [2.45, 2.75) is 39.2 Å². The van der Waals surface area contributed by atoms with E-state index in [1.165, 1.54) is 11.3 Å². The van der Waals surface area contributed by atoms with E-state index in [0.717, 1.165) is 25.5 Å². The number of hydrogen-bond acceptors (Lipinski definition) is 2. The van der Waals surface area contributed by atoms with Crippen LogP contribution in [0.15, 0.2) is 35.3 Å². The van der Waals surface area contributed by atoms with E-state index in [1.54, 1.807) is 0 Å². The minimum Gasteiger partial charge on any atom is -0.357 e. The molecular formula is C17H30IN3S. The summed E-state index contributed by atoms with van der Waals surface area (Å²) in [5.74, 6) is 2.54. The summed E-state index contributed by atoms with van der Waals surface area (Å²) in [5, 5.41) is 6.85. The molecule has 0 aromatic heterocycles. The Balaban J connectivity index is 0.00000441. The highest BCUT2D eigenvalue weighted by Crippen LogP contribution is 2.18. The number of halogens is 1. The molecule has 0 saturated heterocycles. The molecule has 0 fully saturated rings. The van der Waals surface area contributed by atoms with Crippen LogP contribution < -0.4 is 10.6 Å². The lowest BCUT2D eigenvalue weighted by Crippen LogP contribution is -2.44. The maximum absolute atomic E-state index is 4.65. The minimum atomic E-state index is 0. The first-order chi connectivity index (χ1) is 10.2. The van der Waals surface area contributed by atoms with Crippen LogP contribution in [0.2, 0.25) is 0 Å². The zero-order valence-electron chi connectivity index (χ0n) is 14.1. The molecular weight excluding hydrogens is 405 g/mol. The number of guanidine groups is 1. The Kier molecular flexibility index (Phi) is 12.8. The highest BCUT2D eigenvalue weighted by Gasteiger charge is 2.15. The summed E-state index contributed by atoms with van der Waals surface area (Å²) in [6.07, 6.45) is 3.26. The highest BCUT2D eigenvalue weighted by molar-refractivity contribution is 14.0. The summed E-state index contributed by atoms with van der Waals surface area (Å²) < 4.78 is 0. The van der Waals surface area contributed by atoms with Gasteiger partial charge in [0.25, 0.3) is 0 Å². The minimum absolute atomic E-state index is 0. The molecule has 126 valence electrons. The average molecular weight is 435 g/mol. The summed E-state index contributed by atoms with van der Waals surface area (Å²) in [6, 6.07) is 11.0. The first-order valence-corrected chi connectivity index (χ1v) is 9.17. The zero-order valence-corrected chi connectivity index (χ0v) is 17.3. The van der Waals surface area contributed by atoms with Crippen LogP contribution >= 0.6 is 35.7 Å². The Morgan fingerprint density at radius 3 is 2.50 bits per heavy atom. The van der Waals surface area contributed by atoms with Crippen molar-refractivity contribution in [1.82, 2.24) is 10.6 Å². The number of hydrogen-bond donors (Lipinski definition) is 2. The van der Waals surface area contributed by atoms with Gasteiger partial charge in [-0.15, -0.1) is 24.0 Å². The number of nitrogens with one attached hydrogen (secondary N) is 2. The van der Waals surface area contributed by atoms with Gasteiger partial charge in [0.2, 0.25) is 0 Å². The standard InChI is InChI=1S/C17H29N3S.HI/c1-5-18-17(19-12-9-13-21-4)20-15(3)14(2)16-10-7-6-8-11-16;/h6-8,10-11,14-15H,5,9,12-13H2,1-4H3,(H2,18,19,20);1H. The molecule has 0 saturated carbocycles. The van der Waals surface area contributed by atoms with Crippen molar-refractivity contribution >= 4 is 41.7 Å². The third kappa shape index (κ3) is 8.27. The monoisotopic (exact) mass is 435 g/mol. The number of nitrogens with zero attached hydrogens (tertiary/aromatic N) is 1. The van der Waals surface area contributed by atoms with Gasteiger partial charge in [0.05, 0.1) is 0 Å². The molecule has 22 heavy (non-hydrogen) atoms. The van der Waals surface area contributed by atoms with E-state index in [-0.39, 0.29) is 24.0 Å². The van der Waals surface area contributed by atoms with Gasteiger partial charge in [0, 0.05) is 25.0 Å². The lowest BCUT2D eigenvalue weighted by atomic mass is 9.94. The maximum atomic E-state index is 4.65. The van der Waals surface area contributed by atoms with Crippen LogP contribution in [0.5, 0.6) is 0 Å². The molecule has 2 atom stereocenters. The number of rotatable bonds is 8. The van der Waals surface area contributed by atoms with Crippen LogP contribution in [-0.4, -0.2) is 37.1 Å². The van der Waals surface area contributed by atoms with Crippen LogP contribution in [0.1, 0.15) is 38.7 Å². The molecule has 1 aromatic carbocycles. The van der Waals surface area contributed by atoms with Crippen molar-refractivity contribution in [2.75, 3.05) is 25.1 Å². The Morgan fingerprint density at radius 2 is 1.91 bits per heavy atom. The van der Waals surface area contributed by atoms with Gasteiger partial charge in [0.1, 0.15) is 0 Å². The van der Waals surface area contributed by atoms with Crippen molar-refractivity contribution < 1.29 is 0 Å². The van der Waals surface area contributed by atoms with E-state index in [4.69, 9.17) is 0 Å². The van der Waals surface area contributed by atoms with Gasteiger partial charge in [-0.3, -0.25) is 4.99 Å². The van der Waals surface area contributed by atoms with Crippen LogP contribution in [0.25, 0.3) is 0 Å². The fraction of sp³-hybridized carbons (Fsp3) is 0.588. The molecule has 0 amide bonds. The van der Waals surface area contributed by atoms with Crippen molar-refractivity contribution in [3.8, 4) is 0 Å². The molecule has 0 aliphatic rings. The molecule has 5 heteroatoms. The molecule has 2 unspecified atom stereocenters. The summed E-state index contributed by atoms with van der Waals surface area (Å²) in [4.78, 5) is 4.65. The zero-order chi connectivity index (χ0) is 15.5. The summed E-state index contributed by atoms with van der Waals surface area (Å²) in [5.41, 5.74) is 1.36. The van der Waals surface area contributed by atoms with E-state index in [9.17, 15) is 0 Å². The van der Waals surface area contributed by atoms with Gasteiger partial charge in [0.15, 0.2) is 5.96 Å².